The van der Waals surface area contributed by atoms with Crippen LogP contribution in [0.1, 0.15) is 49.7 Å². The van der Waals surface area contributed by atoms with Crippen LogP contribution < -0.4 is 15.0 Å². The number of para-hydroxylation sites is 1. The maximum atomic E-state index is 14.5. The Morgan fingerprint density at radius 1 is 1.13 bits per heavy atom. The lowest BCUT2D eigenvalue weighted by Crippen LogP contribution is -2.43. The van der Waals surface area contributed by atoms with Crippen LogP contribution in [0, 0.1) is 18.7 Å². The van der Waals surface area contributed by atoms with Crippen molar-refractivity contribution in [2.75, 3.05) is 36.9 Å². The topological polar surface area (TPSA) is 110 Å². The van der Waals surface area contributed by atoms with Crippen molar-refractivity contribution in [3.05, 3.63) is 77.3 Å². The number of carbonyl (C=O) groups excluding carboxylic acids is 2. The molecule has 0 aliphatic carbocycles. The SMILES string of the molecule is Cc1c(Oc2ccccc2F)ccc(NC(=O)c2csc(-c3ccnnc3)n2)c1N1CCC[C@@H](CN(C)C(=O)OC(C)(C)C)C1. The molecule has 0 radical (unpaired) electrons. The second-order valence-corrected chi connectivity index (χ2v) is 12.9. The van der Waals surface area contributed by atoms with Crippen molar-refractivity contribution >= 4 is 34.7 Å². The number of nitrogens with zero attached hydrogens (tertiary/aromatic N) is 5. The fourth-order valence-corrected chi connectivity index (χ4v) is 6.07. The number of ether oxygens (including phenoxy) is 2. The first kappa shape index (κ1) is 31.8. The van der Waals surface area contributed by atoms with Crippen molar-refractivity contribution in [1.82, 2.24) is 20.1 Å². The number of benzene rings is 2. The van der Waals surface area contributed by atoms with Crippen LogP contribution in [0.4, 0.5) is 20.6 Å². The summed E-state index contributed by atoms with van der Waals surface area (Å²) in [6.07, 6.45) is 4.63. The number of aromatic nitrogens is 3. The first-order valence-corrected chi connectivity index (χ1v) is 15.7. The number of rotatable bonds is 8. The number of hydrogen-bond donors (Lipinski definition) is 1. The Balaban J connectivity index is 1.42. The van der Waals surface area contributed by atoms with E-state index < -0.39 is 11.4 Å². The summed E-state index contributed by atoms with van der Waals surface area (Å²) in [6, 6.07) is 11.5. The molecule has 1 N–H and O–H groups in total. The number of carbonyl (C=O) groups is 2. The molecule has 2 amide bonds. The lowest BCUT2D eigenvalue weighted by Gasteiger charge is -2.38. The summed E-state index contributed by atoms with van der Waals surface area (Å²) < 4.78 is 26.1. The van der Waals surface area contributed by atoms with Gasteiger partial charge in [-0.3, -0.25) is 4.79 Å². The third-order valence-corrected chi connectivity index (χ3v) is 8.22. The Morgan fingerprint density at radius 3 is 2.67 bits per heavy atom. The van der Waals surface area contributed by atoms with Crippen molar-refractivity contribution in [2.24, 2.45) is 5.92 Å². The highest BCUT2D eigenvalue weighted by Gasteiger charge is 2.29. The fourth-order valence-electron chi connectivity index (χ4n) is 5.28. The van der Waals surface area contributed by atoms with Gasteiger partial charge in [0, 0.05) is 43.2 Å². The van der Waals surface area contributed by atoms with Crippen molar-refractivity contribution < 1.29 is 23.5 Å². The van der Waals surface area contributed by atoms with Crippen molar-refractivity contribution in [1.29, 1.82) is 0 Å². The van der Waals surface area contributed by atoms with E-state index in [0.29, 0.717) is 29.5 Å². The van der Waals surface area contributed by atoms with Gasteiger partial charge in [0.15, 0.2) is 11.6 Å². The van der Waals surface area contributed by atoms with Crippen molar-refractivity contribution in [3.63, 3.8) is 0 Å². The van der Waals surface area contributed by atoms with E-state index >= 15 is 0 Å². The van der Waals surface area contributed by atoms with E-state index in [9.17, 15) is 14.0 Å². The minimum atomic E-state index is -0.583. The minimum Gasteiger partial charge on any atom is -0.454 e. The molecule has 0 bridgehead atoms. The molecule has 0 unspecified atom stereocenters. The van der Waals surface area contributed by atoms with Gasteiger partial charge in [-0.05, 0) is 76.8 Å². The molecule has 12 heteroatoms. The summed E-state index contributed by atoms with van der Waals surface area (Å²) in [6.45, 7) is 9.32. The number of piperidine rings is 1. The summed E-state index contributed by atoms with van der Waals surface area (Å²) in [7, 11) is 1.75. The highest BCUT2D eigenvalue weighted by Crippen LogP contribution is 2.40. The predicted molar refractivity (Wildman–Crippen MR) is 173 cm³/mol. The van der Waals surface area contributed by atoms with Crippen molar-refractivity contribution in [2.45, 2.75) is 46.1 Å². The number of hydrogen-bond acceptors (Lipinski definition) is 9. The molecule has 1 saturated heterocycles. The van der Waals surface area contributed by atoms with Gasteiger partial charge < -0.3 is 24.6 Å². The van der Waals surface area contributed by atoms with Gasteiger partial charge in [-0.1, -0.05) is 12.1 Å². The standard InChI is InChI=1S/C33H37FN6O4S/c1-21-27(43-28-11-7-6-10-24(28)34)13-12-25(37-30(41)26-20-45-31(38-26)23-14-15-35-36-17-23)29(21)40-16-8-9-22(19-40)18-39(5)32(42)44-33(2,3)4/h6-7,10-15,17,20,22H,8-9,16,18-19H2,1-5H3,(H,37,41)/t22-/m0/s1. The van der Waals surface area contributed by atoms with E-state index in [2.05, 4.69) is 25.4 Å². The number of halogens is 1. The smallest absolute Gasteiger partial charge is 0.410 e. The molecule has 1 aliphatic rings. The zero-order chi connectivity index (χ0) is 32.1. The zero-order valence-corrected chi connectivity index (χ0v) is 26.9. The second-order valence-electron chi connectivity index (χ2n) is 12.1. The lowest BCUT2D eigenvalue weighted by atomic mass is 9.96. The van der Waals surface area contributed by atoms with Crippen LogP contribution in [-0.4, -0.2) is 64.4 Å². The molecule has 0 spiro atoms. The Morgan fingerprint density at radius 2 is 1.93 bits per heavy atom. The van der Waals surface area contributed by atoms with Crippen LogP contribution >= 0.6 is 11.3 Å². The first-order chi connectivity index (χ1) is 21.5. The molecule has 45 heavy (non-hydrogen) atoms. The average molecular weight is 633 g/mol. The third kappa shape index (κ3) is 7.93. The Hall–Kier alpha value is -4.58. The largest absolute Gasteiger partial charge is 0.454 e. The van der Waals surface area contributed by atoms with E-state index in [1.165, 1.54) is 17.4 Å². The highest BCUT2D eigenvalue weighted by molar-refractivity contribution is 7.13. The number of nitrogens with one attached hydrogen (secondary N) is 1. The average Bonchev–Trinajstić information content (AvgIpc) is 3.50. The van der Waals surface area contributed by atoms with Gasteiger partial charge in [-0.15, -0.1) is 11.3 Å². The monoisotopic (exact) mass is 632 g/mol. The van der Waals surface area contributed by atoms with Crippen LogP contribution in [0.25, 0.3) is 10.6 Å². The normalized spacial score (nSPS) is 15.0. The summed E-state index contributed by atoms with van der Waals surface area (Å²) in [5, 5.41) is 13.1. The van der Waals surface area contributed by atoms with Crippen LogP contribution in [0.2, 0.25) is 0 Å². The van der Waals surface area contributed by atoms with E-state index in [0.717, 1.165) is 36.2 Å². The summed E-state index contributed by atoms with van der Waals surface area (Å²) in [4.78, 5) is 34.5. The van der Waals surface area contributed by atoms with Crippen molar-refractivity contribution in [3.8, 4) is 22.1 Å². The second kappa shape index (κ2) is 13.6. The lowest BCUT2D eigenvalue weighted by molar-refractivity contribution is 0.0269. The Bertz CT molecular complexity index is 1660. The molecular formula is C33H37FN6O4S. The number of thiazole rings is 1. The van der Waals surface area contributed by atoms with E-state index in [1.54, 1.807) is 66.1 Å². The molecule has 0 saturated carbocycles. The van der Waals surface area contributed by atoms with E-state index in [-0.39, 0.29) is 29.4 Å². The predicted octanol–water partition coefficient (Wildman–Crippen LogP) is 7.18. The zero-order valence-electron chi connectivity index (χ0n) is 26.0. The molecule has 4 aromatic rings. The maximum Gasteiger partial charge on any atom is 0.410 e. The fraction of sp³-hybridized carbons (Fsp3) is 0.364. The molecular weight excluding hydrogens is 595 g/mol. The maximum absolute atomic E-state index is 14.5. The van der Waals surface area contributed by atoms with Gasteiger partial charge in [-0.2, -0.15) is 10.2 Å². The van der Waals surface area contributed by atoms with Crippen LogP contribution in [0.5, 0.6) is 11.5 Å². The number of anilines is 2. The molecule has 3 heterocycles. The summed E-state index contributed by atoms with van der Waals surface area (Å²) >= 11 is 1.35. The molecule has 1 aliphatic heterocycles. The van der Waals surface area contributed by atoms with Gasteiger partial charge in [0.1, 0.15) is 22.1 Å². The quantitative estimate of drug-likeness (QED) is 0.218. The highest BCUT2D eigenvalue weighted by atomic mass is 32.1. The number of amides is 2. The minimum absolute atomic E-state index is 0.111. The van der Waals surface area contributed by atoms with E-state index in [1.807, 2.05) is 27.7 Å². The van der Waals surface area contributed by atoms with Crippen LogP contribution in [-0.2, 0) is 4.74 Å². The summed E-state index contributed by atoms with van der Waals surface area (Å²) in [5.74, 6) is -0.0870. The van der Waals surface area contributed by atoms with Gasteiger partial charge >= 0.3 is 6.09 Å². The molecule has 10 nitrogen and oxygen atoms in total. The molecule has 1 fully saturated rings. The Labute approximate surface area is 266 Å². The molecule has 2 aromatic carbocycles. The van der Waals surface area contributed by atoms with Gasteiger partial charge in [0.05, 0.1) is 23.8 Å². The van der Waals surface area contributed by atoms with E-state index in [4.69, 9.17) is 9.47 Å². The van der Waals surface area contributed by atoms with Crippen LogP contribution in [0.3, 0.4) is 0 Å². The van der Waals surface area contributed by atoms with Gasteiger partial charge in [-0.25, -0.2) is 14.2 Å². The van der Waals surface area contributed by atoms with Gasteiger partial charge in [0.25, 0.3) is 5.91 Å². The molecule has 5 rings (SSSR count). The molecule has 2 aromatic heterocycles. The van der Waals surface area contributed by atoms with Crippen LogP contribution in [0.15, 0.2) is 60.2 Å². The molecule has 236 valence electrons. The summed E-state index contributed by atoms with van der Waals surface area (Å²) in [5.41, 5.74) is 2.57. The molecule has 1 atom stereocenters. The first-order valence-electron chi connectivity index (χ1n) is 14.8. The Kier molecular flexibility index (Phi) is 9.62. The van der Waals surface area contributed by atoms with Gasteiger partial charge in [0.2, 0.25) is 0 Å². The third-order valence-electron chi connectivity index (χ3n) is 7.33.